The van der Waals surface area contributed by atoms with Gasteiger partial charge < -0.3 is 4.74 Å². The molecule has 2 rings (SSSR count). The number of ether oxygens (including phenoxy) is 1. The molecule has 0 radical (unpaired) electrons. The SMILES string of the molecule is Clc1cccc(Oc2ccc(CBr)cc2Br)c1. The first kappa shape index (κ1) is 12.9. The summed E-state index contributed by atoms with van der Waals surface area (Å²) >= 11 is 12.8. The van der Waals surface area contributed by atoms with Crippen LogP contribution in [0.1, 0.15) is 5.56 Å². The molecule has 17 heavy (non-hydrogen) atoms. The van der Waals surface area contributed by atoms with Gasteiger partial charge in [0.2, 0.25) is 0 Å². The first-order chi connectivity index (χ1) is 8.19. The van der Waals surface area contributed by atoms with Gasteiger partial charge in [-0.25, -0.2) is 0 Å². The Morgan fingerprint density at radius 1 is 1.12 bits per heavy atom. The van der Waals surface area contributed by atoms with Crippen molar-refractivity contribution in [2.75, 3.05) is 0 Å². The molecule has 0 saturated heterocycles. The lowest BCUT2D eigenvalue weighted by molar-refractivity contribution is 0.479. The summed E-state index contributed by atoms with van der Waals surface area (Å²) in [6.45, 7) is 0. The van der Waals surface area contributed by atoms with Gasteiger partial charge in [-0.3, -0.25) is 0 Å². The predicted molar refractivity (Wildman–Crippen MR) is 78.3 cm³/mol. The molecule has 0 aromatic heterocycles. The minimum Gasteiger partial charge on any atom is -0.456 e. The fourth-order valence-electron chi connectivity index (χ4n) is 1.37. The Hall–Kier alpha value is -0.510. The zero-order valence-electron chi connectivity index (χ0n) is 8.79. The molecular formula is C13H9Br2ClO. The average Bonchev–Trinajstić information content (AvgIpc) is 2.32. The van der Waals surface area contributed by atoms with E-state index in [4.69, 9.17) is 16.3 Å². The van der Waals surface area contributed by atoms with E-state index in [1.165, 1.54) is 5.56 Å². The molecule has 0 saturated carbocycles. The van der Waals surface area contributed by atoms with Crippen molar-refractivity contribution < 1.29 is 4.74 Å². The fourth-order valence-corrected chi connectivity index (χ4v) is 2.40. The number of hydrogen-bond acceptors (Lipinski definition) is 1. The Labute approximate surface area is 122 Å². The average molecular weight is 376 g/mol. The van der Waals surface area contributed by atoms with Gasteiger partial charge in [-0.2, -0.15) is 0 Å². The predicted octanol–water partition coefficient (Wildman–Crippen LogP) is 5.79. The molecule has 0 unspecified atom stereocenters. The van der Waals surface area contributed by atoms with Crippen LogP contribution in [0.2, 0.25) is 5.02 Å². The van der Waals surface area contributed by atoms with Gasteiger partial charge in [0.05, 0.1) is 4.47 Å². The molecule has 0 fully saturated rings. The Balaban J connectivity index is 2.24. The van der Waals surface area contributed by atoms with Crippen molar-refractivity contribution in [3.63, 3.8) is 0 Å². The summed E-state index contributed by atoms with van der Waals surface area (Å²) in [6, 6.07) is 13.3. The second kappa shape index (κ2) is 5.89. The molecule has 0 aliphatic rings. The van der Waals surface area contributed by atoms with Crippen LogP contribution in [0.15, 0.2) is 46.9 Å². The first-order valence-electron chi connectivity index (χ1n) is 4.97. The third-order valence-corrected chi connectivity index (χ3v) is 3.68. The second-order valence-corrected chi connectivity index (χ2v) is 5.31. The smallest absolute Gasteiger partial charge is 0.141 e. The van der Waals surface area contributed by atoms with E-state index >= 15 is 0 Å². The molecule has 0 heterocycles. The third-order valence-electron chi connectivity index (χ3n) is 2.17. The van der Waals surface area contributed by atoms with Crippen LogP contribution >= 0.6 is 43.5 Å². The number of halogens is 3. The molecule has 0 bridgehead atoms. The van der Waals surface area contributed by atoms with E-state index in [-0.39, 0.29) is 0 Å². The Morgan fingerprint density at radius 2 is 1.94 bits per heavy atom. The molecule has 1 nitrogen and oxygen atoms in total. The van der Waals surface area contributed by atoms with Gasteiger partial charge in [0.25, 0.3) is 0 Å². The summed E-state index contributed by atoms with van der Waals surface area (Å²) in [5, 5.41) is 1.49. The maximum atomic E-state index is 5.90. The summed E-state index contributed by atoms with van der Waals surface area (Å²) in [7, 11) is 0. The van der Waals surface area contributed by atoms with Crippen LogP contribution in [-0.2, 0) is 5.33 Å². The van der Waals surface area contributed by atoms with Crippen molar-refractivity contribution in [3.05, 3.63) is 57.5 Å². The van der Waals surface area contributed by atoms with Crippen LogP contribution in [0, 0.1) is 0 Å². The van der Waals surface area contributed by atoms with Crippen LogP contribution in [0.4, 0.5) is 0 Å². The molecule has 2 aromatic carbocycles. The Morgan fingerprint density at radius 3 is 2.59 bits per heavy atom. The second-order valence-electron chi connectivity index (χ2n) is 3.46. The molecule has 0 aliphatic heterocycles. The zero-order valence-corrected chi connectivity index (χ0v) is 12.7. The topological polar surface area (TPSA) is 9.23 Å². The van der Waals surface area contributed by atoms with Crippen molar-refractivity contribution in [1.82, 2.24) is 0 Å². The lowest BCUT2D eigenvalue weighted by Gasteiger charge is -2.08. The van der Waals surface area contributed by atoms with Crippen LogP contribution in [0.3, 0.4) is 0 Å². The Bertz CT molecular complexity index is 529. The van der Waals surface area contributed by atoms with Gasteiger partial charge in [0.15, 0.2) is 0 Å². The maximum absolute atomic E-state index is 5.90. The summed E-state index contributed by atoms with van der Waals surface area (Å²) in [5.41, 5.74) is 1.19. The number of benzene rings is 2. The molecule has 88 valence electrons. The molecule has 2 aromatic rings. The molecule has 0 atom stereocenters. The molecule has 0 N–H and O–H groups in total. The molecule has 0 amide bonds. The van der Waals surface area contributed by atoms with Gasteiger partial charge in [-0.15, -0.1) is 0 Å². The quantitative estimate of drug-likeness (QED) is 0.616. The van der Waals surface area contributed by atoms with E-state index in [0.29, 0.717) is 5.02 Å². The van der Waals surface area contributed by atoms with Gasteiger partial charge >= 0.3 is 0 Å². The van der Waals surface area contributed by atoms with Crippen LogP contribution in [0.5, 0.6) is 11.5 Å². The van der Waals surface area contributed by atoms with Gasteiger partial charge in [0.1, 0.15) is 11.5 Å². The van der Waals surface area contributed by atoms with E-state index < -0.39 is 0 Å². The van der Waals surface area contributed by atoms with E-state index in [1.54, 1.807) is 6.07 Å². The van der Waals surface area contributed by atoms with E-state index in [0.717, 1.165) is 21.3 Å². The van der Waals surface area contributed by atoms with Crippen molar-refractivity contribution in [2.24, 2.45) is 0 Å². The lowest BCUT2D eigenvalue weighted by Crippen LogP contribution is -1.87. The van der Waals surface area contributed by atoms with Crippen molar-refractivity contribution in [3.8, 4) is 11.5 Å². The number of hydrogen-bond donors (Lipinski definition) is 0. The standard InChI is InChI=1S/C13H9Br2ClO/c14-8-9-4-5-13(12(15)6-9)17-11-3-1-2-10(16)7-11/h1-7H,8H2. The van der Waals surface area contributed by atoms with Crippen LogP contribution in [0.25, 0.3) is 0 Å². The summed E-state index contributed by atoms with van der Waals surface area (Å²) < 4.78 is 6.67. The molecule has 0 aliphatic carbocycles. The van der Waals surface area contributed by atoms with Gasteiger partial charge in [0, 0.05) is 10.4 Å². The van der Waals surface area contributed by atoms with Crippen molar-refractivity contribution >= 4 is 43.5 Å². The van der Waals surface area contributed by atoms with Gasteiger partial charge in [-0.1, -0.05) is 39.7 Å². The minimum absolute atomic E-state index is 0.663. The van der Waals surface area contributed by atoms with Crippen molar-refractivity contribution in [1.29, 1.82) is 0 Å². The molecule has 4 heteroatoms. The largest absolute Gasteiger partial charge is 0.456 e. The summed E-state index contributed by atoms with van der Waals surface area (Å²) in [5.74, 6) is 1.50. The number of alkyl halides is 1. The Kier molecular flexibility index (Phi) is 4.48. The van der Waals surface area contributed by atoms with E-state index in [1.807, 2.05) is 36.4 Å². The minimum atomic E-state index is 0.663. The third kappa shape index (κ3) is 3.47. The van der Waals surface area contributed by atoms with E-state index in [2.05, 4.69) is 31.9 Å². The summed E-state index contributed by atoms with van der Waals surface area (Å²) in [4.78, 5) is 0. The highest BCUT2D eigenvalue weighted by Gasteiger charge is 2.04. The molecular weight excluding hydrogens is 367 g/mol. The monoisotopic (exact) mass is 374 g/mol. The van der Waals surface area contributed by atoms with E-state index in [9.17, 15) is 0 Å². The lowest BCUT2D eigenvalue weighted by atomic mass is 10.2. The fraction of sp³-hybridized carbons (Fsp3) is 0.0769. The first-order valence-corrected chi connectivity index (χ1v) is 7.26. The highest BCUT2D eigenvalue weighted by Crippen LogP contribution is 2.31. The number of rotatable bonds is 3. The molecule has 0 spiro atoms. The van der Waals surface area contributed by atoms with Crippen LogP contribution in [-0.4, -0.2) is 0 Å². The normalized spacial score (nSPS) is 10.3. The maximum Gasteiger partial charge on any atom is 0.141 e. The zero-order chi connectivity index (χ0) is 12.3. The van der Waals surface area contributed by atoms with Crippen LogP contribution < -0.4 is 4.74 Å². The van der Waals surface area contributed by atoms with Crippen molar-refractivity contribution in [2.45, 2.75) is 5.33 Å². The van der Waals surface area contributed by atoms with Gasteiger partial charge in [-0.05, 0) is 51.8 Å². The summed E-state index contributed by atoms with van der Waals surface area (Å²) in [6.07, 6.45) is 0. The highest BCUT2D eigenvalue weighted by atomic mass is 79.9. The highest BCUT2D eigenvalue weighted by molar-refractivity contribution is 9.10.